The number of carbonyl (C=O) groups excluding carboxylic acids is 1. The van der Waals surface area contributed by atoms with Crippen molar-refractivity contribution in [1.29, 1.82) is 5.26 Å². The fraction of sp³-hybridized carbons (Fsp3) is 0.438. The molecule has 0 radical (unpaired) electrons. The van der Waals surface area contributed by atoms with Gasteiger partial charge in [-0.2, -0.15) is 5.26 Å². The van der Waals surface area contributed by atoms with Crippen LogP contribution in [0.25, 0.3) is 0 Å². The van der Waals surface area contributed by atoms with Crippen molar-refractivity contribution in [2.75, 3.05) is 0 Å². The molecule has 0 bridgehead atoms. The van der Waals surface area contributed by atoms with Gasteiger partial charge in [0, 0.05) is 11.6 Å². The van der Waals surface area contributed by atoms with Gasteiger partial charge in [0.25, 0.3) is 5.91 Å². The maximum atomic E-state index is 12.3. The first-order valence-electron chi connectivity index (χ1n) is 7.02. The van der Waals surface area contributed by atoms with Crippen molar-refractivity contribution >= 4 is 11.9 Å². The summed E-state index contributed by atoms with van der Waals surface area (Å²) < 4.78 is 0. The molecule has 0 aliphatic heterocycles. The monoisotopic (exact) mass is 286 g/mol. The van der Waals surface area contributed by atoms with Gasteiger partial charge in [-0.15, -0.1) is 0 Å². The Morgan fingerprint density at radius 2 is 2.19 bits per heavy atom. The van der Waals surface area contributed by atoms with Crippen LogP contribution in [0.4, 0.5) is 0 Å². The summed E-state index contributed by atoms with van der Waals surface area (Å²) in [5.41, 5.74) is -0.138. The number of carboxylic acid groups (broad SMARTS) is 1. The van der Waals surface area contributed by atoms with Crippen LogP contribution in [-0.4, -0.2) is 23.0 Å². The lowest BCUT2D eigenvalue weighted by Crippen LogP contribution is -2.52. The molecule has 2 N–H and O–H groups in total. The van der Waals surface area contributed by atoms with Crippen LogP contribution in [0.1, 0.15) is 48.5 Å². The normalized spacial score (nSPS) is 24.9. The van der Waals surface area contributed by atoms with E-state index in [1.807, 2.05) is 6.07 Å². The topological polar surface area (TPSA) is 90.2 Å². The highest BCUT2D eigenvalue weighted by Crippen LogP contribution is 2.36. The Morgan fingerprint density at radius 1 is 1.43 bits per heavy atom. The van der Waals surface area contributed by atoms with E-state index in [2.05, 4.69) is 5.32 Å². The van der Waals surface area contributed by atoms with Crippen LogP contribution >= 0.6 is 0 Å². The average molecular weight is 286 g/mol. The van der Waals surface area contributed by atoms with E-state index in [4.69, 9.17) is 5.26 Å². The van der Waals surface area contributed by atoms with E-state index in [-0.39, 0.29) is 11.9 Å². The quantitative estimate of drug-likeness (QED) is 0.892. The minimum absolute atomic E-state index is 0.327. The average Bonchev–Trinajstić information content (AvgIpc) is 2.49. The Kier molecular flexibility index (Phi) is 4.27. The number of aliphatic carboxylic acids is 1. The number of benzene rings is 1. The van der Waals surface area contributed by atoms with Crippen LogP contribution < -0.4 is 5.32 Å². The molecule has 1 fully saturated rings. The van der Waals surface area contributed by atoms with Crippen molar-refractivity contribution in [1.82, 2.24) is 5.32 Å². The molecule has 2 atom stereocenters. The maximum absolute atomic E-state index is 12.3. The fourth-order valence-electron chi connectivity index (χ4n) is 2.79. The van der Waals surface area contributed by atoms with Crippen molar-refractivity contribution in [2.45, 2.75) is 38.6 Å². The van der Waals surface area contributed by atoms with E-state index in [0.29, 0.717) is 24.0 Å². The van der Waals surface area contributed by atoms with Crippen molar-refractivity contribution in [3.05, 3.63) is 35.4 Å². The molecule has 0 aromatic heterocycles. The molecule has 1 aromatic rings. The SMILES string of the molecule is CC1(C(=O)O)CCCCC1NC(=O)c1cccc(C#N)c1. The molecule has 1 amide bonds. The third-order valence-corrected chi connectivity index (χ3v) is 4.26. The molecule has 110 valence electrons. The molecule has 1 aliphatic rings. The lowest BCUT2D eigenvalue weighted by Gasteiger charge is -2.38. The standard InChI is InChI=1S/C16H18N2O3/c1-16(15(20)21)8-3-2-7-13(16)18-14(19)12-6-4-5-11(9-12)10-17/h4-6,9,13H,2-3,7-8H2,1H3,(H,18,19)(H,20,21). The van der Waals surface area contributed by atoms with Crippen molar-refractivity contribution in [2.24, 2.45) is 5.41 Å². The van der Waals surface area contributed by atoms with E-state index < -0.39 is 11.4 Å². The van der Waals surface area contributed by atoms with Gasteiger partial charge < -0.3 is 10.4 Å². The molecule has 0 heterocycles. The van der Waals surface area contributed by atoms with Crippen LogP contribution in [0, 0.1) is 16.7 Å². The van der Waals surface area contributed by atoms with Crippen molar-refractivity contribution in [3.8, 4) is 6.07 Å². The molecule has 2 unspecified atom stereocenters. The number of nitrogens with one attached hydrogen (secondary N) is 1. The molecule has 2 rings (SSSR count). The summed E-state index contributed by atoms with van der Waals surface area (Å²) in [6.45, 7) is 1.69. The number of carboxylic acids is 1. The second-order valence-corrected chi connectivity index (χ2v) is 5.69. The fourth-order valence-corrected chi connectivity index (χ4v) is 2.79. The van der Waals surface area contributed by atoms with Gasteiger partial charge in [-0.3, -0.25) is 9.59 Å². The van der Waals surface area contributed by atoms with Crippen LogP contribution in [0.15, 0.2) is 24.3 Å². The first-order chi connectivity index (χ1) is 9.97. The second kappa shape index (κ2) is 5.96. The zero-order valence-corrected chi connectivity index (χ0v) is 11.9. The molecular weight excluding hydrogens is 268 g/mol. The summed E-state index contributed by atoms with van der Waals surface area (Å²) in [5, 5.41) is 21.1. The van der Waals surface area contributed by atoms with E-state index >= 15 is 0 Å². The first-order valence-corrected chi connectivity index (χ1v) is 7.02. The number of carbonyl (C=O) groups is 2. The van der Waals surface area contributed by atoms with E-state index in [9.17, 15) is 14.7 Å². The largest absolute Gasteiger partial charge is 0.481 e. The van der Waals surface area contributed by atoms with E-state index in [1.165, 1.54) is 6.07 Å². The molecule has 0 saturated heterocycles. The zero-order chi connectivity index (χ0) is 15.5. The molecule has 0 spiro atoms. The van der Waals surface area contributed by atoms with Gasteiger partial charge in [0.2, 0.25) is 0 Å². The molecular formula is C16H18N2O3. The molecule has 1 aromatic carbocycles. The smallest absolute Gasteiger partial charge is 0.311 e. The van der Waals surface area contributed by atoms with Crippen molar-refractivity contribution < 1.29 is 14.7 Å². The van der Waals surface area contributed by atoms with Gasteiger partial charge in [-0.1, -0.05) is 18.9 Å². The number of rotatable bonds is 3. The highest BCUT2D eigenvalue weighted by atomic mass is 16.4. The highest BCUT2D eigenvalue weighted by Gasteiger charge is 2.43. The summed E-state index contributed by atoms with van der Waals surface area (Å²) in [6, 6.07) is 8.00. The predicted octanol–water partition coefficient (Wildman–Crippen LogP) is 2.32. The van der Waals surface area contributed by atoms with Crippen LogP contribution in [0.5, 0.6) is 0 Å². The Labute approximate surface area is 123 Å². The van der Waals surface area contributed by atoms with Gasteiger partial charge in [0.05, 0.1) is 17.0 Å². The van der Waals surface area contributed by atoms with Crippen LogP contribution in [0.2, 0.25) is 0 Å². The van der Waals surface area contributed by atoms with Crippen molar-refractivity contribution in [3.63, 3.8) is 0 Å². The zero-order valence-electron chi connectivity index (χ0n) is 11.9. The lowest BCUT2D eigenvalue weighted by molar-refractivity contribution is -0.151. The van der Waals surface area contributed by atoms with E-state index in [1.54, 1.807) is 25.1 Å². The summed E-state index contributed by atoms with van der Waals surface area (Å²) in [6.07, 6.45) is 2.99. The number of nitriles is 1. The summed E-state index contributed by atoms with van der Waals surface area (Å²) in [4.78, 5) is 23.8. The van der Waals surface area contributed by atoms with Gasteiger partial charge in [-0.05, 0) is 38.0 Å². The van der Waals surface area contributed by atoms with Crippen LogP contribution in [-0.2, 0) is 4.79 Å². The second-order valence-electron chi connectivity index (χ2n) is 5.69. The number of amides is 1. The lowest BCUT2D eigenvalue weighted by atomic mass is 9.71. The number of hydrogen-bond acceptors (Lipinski definition) is 3. The summed E-state index contributed by atoms with van der Waals surface area (Å²) in [5.74, 6) is -1.20. The maximum Gasteiger partial charge on any atom is 0.311 e. The molecule has 1 saturated carbocycles. The van der Waals surface area contributed by atoms with Crippen LogP contribution in [0.3, 0.4) is 0 Å². The summed E-state index contributed by atoms with van der Waals surface area (Å²) >= 11 is 0. The van der Waals surface area contributed by atoms with Gasteiger partial charge in [0.15, 0.2) is 0 Å². The Hall–Kier alpha value is -2.35. The molecule has 5 nitrogen and oxygen atoms in total. The summed E-state index contributed by atoms with van der Waals surface area (Å²) in [7, 11) is 0. The molecule has 1 aliphatic carbocycles. The minimum atomic E-state index is -0.930. The Morgan fingerprint density at radius 3 is 2.86 bits per heavy atom. The third-order valence-electron chi connectivity index (χ3n) is 4.26. The Balaban J connectivity index is 2.17. The van der Waals surface area contributed by atoms with E-state index in [0.717, 1.165) is 12.8 Å². The molecule has 5 heteroatoms. The number of nitrogens with zero attached hydrogens (tertiary/aromatic N) is 1. The Bertz CT molecular complexity index is 606. The van der Waals surface area contributed by atoms with Gasteiger partial charge in [-0.25, -0.2) is 0 Å². The molecule has 21 heavy (non-hydrogen) atoms. The number of hydrogen-bond donors (Lipinski definition) is 2. The minimum Gasteiger partial charge on any atom is -0.481 e. The van der Waals surface area contributed by atoms with Gasteiger partial charge in [0.1, 0.15) is 0 Å². The first kappa shape index (κ1) is 15.0. The highest BCUT2D eigenvalue weighted by molar-refractivity contribution is 5.95. The predicted molar refractivity (Wildman–Crippen MR) is 76.6 cm³/mol. The third kappa shape index (κ3) is 3.05. The van der Waals surface area contributed by atoms with Gasteiger partial charge >= 0.3 is 5.97 Å².